The molecule has 0 radical (unpaired) electrons. The van der Waals surface area contributed by atoms with Crippen molar-refractivity contribution < 1.29 is 4.79 Å². The predicted octanol–water partition coefficient (Wildman–Crippen LogP) is 1.73. The highest BCUT2D eigenvalue weighted by Crippen LogP contribution is 2.27. The van der Waals surface area contributed by atoms with E-state index in [1.165, 1.54) is 11.3 Å². The molecule has 1 amide bonds. The van der Waals surface area contributed by atoms with Gasteiger partial charge in [0, 0.05) is 18.3 Å². The second-order valence-electron chi connectivity index (χ2n) is 3.06. The third-order valence-corrected chi connectivity index (χ3v) is 3.11. The number of aromatic nitrogens is 2. The van der Waals surface area contributed by atoms with Gasteiger partial charge in [0.15, 0.2) is 0 Å². The highest BCUT2D eigenvalue weighted by atomic mass is 32.1. The Morgan fingerprint density at radius 1 is 1.60 bits per heavy atom. The first-order chi connectivity index (χ1) is 7.24. The van der Waals surface area contributed by atoms with Crippen LogP contribution in [0.15, 0.2) is 23.7 Å². The molecule has 0 aliphatic heterocycles. The van der Waals surface area contributed by atoms with Crippen LogP contribution in [0, 0.1) is 0 Å². The minimum Gasteiger partial charge on any atom is -0.365 e. The fourth-order valence-corrected chi connectivity index (χ4v) is 2.27. The van der Waals surface area contributed by atoms with Crippen molar-refractivity contribution in [1.82, 2.24) is 9.78 Å². The van der Waals surface area contributed by atoms with E-state index < -0.39 is 0 Å². The van der Waals surface area contributed by atoms with Crippen LogP contribution in [-0.2, 0) is 6.54 Å². The lowest BCUT2D eigenvalue weighted by atomic mass is 10.2. The van der Waals surface area contributed by atoms with Crippen molar-refractivity contribution in [2.45, 2.75) is 13.5 Å². The summed E-state index contributed by atoms with van der Waals surface area (Å²) in [7, 11) is 0. The zero-order valence-corrected chi connectivity index (χ0v) is 9.12. The summed E-state index contributed by atoms with van der Waals surface area (Å²) in [6, 6.07) is 3.78. The number of hydrogen-bond donors (Lipinski definition) is 1. The molecule has 0 aromatic carbocycles. The van der Waals surface area contributed by atoms with Gasteiger partial charge in [-0.25, -0.2) is 0 Å². The Hall–Kier alpha value is -1.62. The third-order valence-electron chi connectivity index (χ3n) is 2.18. The van der Waals surface area contributed by atoms with Crippen LogP contribution in [0.3, 0.4) is 0 Å². The van der Waals surface area contributed by atoms with Gasteiger partial charge in [0.05, 0.1) is 5.69 Å². The molecule has 2 heterocycles. The minimum absolute atomic E-state index is 0.385. The number of thiophene rings is 1. The molecule has 2 N–H and O–H groups in total. The Labute approximate surface area is 91.3 Å². The molecule has 2 aromatic heterocycles. The van der Waals surface area contributed by atoms with Crippen molar-refractivity contribution in [3.05, 3.63) is 28.6 Å². The van der Waals surface area contributed by atoms with E-state index in [0.717, 1.165) is 17.8 Å². The van der Waals surface area contributed by atoms with E-state index in [1.807, 2.05) is 29.1 Å². The van der Waals surface area contributed by atoms with Gasteiger partial charge < -0.3 is 5.73 Å². The number of aryl methyl sites for hydroxylation is 1. The third kappa shape index (κ3) is 1.66. The molecular weight excluding hydrogens is 210 g/mol. The highest BCUT2D eigenvalue weighted by molar-refractivity contribution is 7.12. The van der Waals surface area contributed by atoms with Crippen LogP contribution < -0.4 is 5.73 Å². The van der Waals surface area contributed by atoms with Crippen molar-refractivity contribution in [3.63, 3.8) is 0 Å². The smallest absolute Gasteiger partial charge is 0.259 e. The molecule has 0 spiro atoms. The molecule has 0 aliphatic rings. The molecule has 15 heavy (non-hydrogen) atoms. The van der Waals surface area contributed by atoms with Gasteiger partial charge in [-0.3, -0.25) is 9.48 Å². The summed E-state index contributed by atoms with van der Waals surface area (Å²) in [6.45, 7) is 2.78. The van der Waals surface area contributed by atoms with Crippen LogP contribution in [-0.4, -0.2) is 15.7 Å². The molecular formula is C10H11N3OS. The Morgan fingerprint density at radius 2 is 2.40 bits per heavy atom. The molecule has 2 rings (SSSR count). The lowest BCUT2D eigenvalue weighted by Gasteiger charge is -2.03. The Morgan fingerprint density at radius 3 is 3.07 bits per heavy atom. The number of amides is 1. The second kappa shape index (κ2) is 3.86. The fourth-order valence-electron chi connectivity index (χ4n) is 1.52. The van der Waals surface area contributed by atoms with E-state index in [1.54, 1.807) is 6.20 Å². The van der Waals surface area contributed by atoms with Crippen LogP contribution in [0.1, 0.15) is 16.6 Å². The predicted molar refractivity (Wildman–Crippen MR) is 59.7 cm³/mol. The number of nitrogens with two attached hydrogens (primary N) is 1. The van der Waals surface area contributed by atoms with E-state index in [9.17, 15) is 4.79 Å². The Balaban J connectivity index is 2.54. The van der Waals surface area contributed by atoms with Gasteiger partial charge in [0.25, 0.3) is 5.91 Å². The number of nitrogens with zero attached hydrogens (tertiary/aromatic N) is 2. The summed E-state index contributed by atoms with van der Waals surface area (Å²) in [5.41, 5.74) is 7.10. The highest BCUT2D eigenvalue weighted by Gasteiger charge is 2.14. The summed E-state index contributed by atoms with van der Waals surface area (Å²) in [5, 5.41) is 6.02. The molecule has 2 aromatic rings. The lowest BCUT2D eigenvalue weighted by molar-refractivity contribution is 0.100. The van der Waals surface area contributed by atoms with Crippen LogP contribution >= 0.6 is 11.3 Å². The molecule has 0 saturated heterocycles. The molecule has 5 heteroatoms. The second-order valence-corrected chi connectivity index (χ2v) is 3.98. The first-order valence-corrected chi connectivity index (χ1v) is 5.51. The summed E-state index contributed by atoms with van der Waals surface area (Å²) in [6.07, 6.45) is 1.72. The van der Waals surface area contributed by atoms with E-state index in [2.05, 4.69) is 5.10 Å². The van der Waals surface area contributed by atoms with Crippen LogP contribution in [0.5, 0.6) is 0 Å². The van der Waals surface area contributed by atoms with E-state index in [0.29, 0.717) is 4.88 Å². The van der Waals surface area contributed by atoms with Gasteiger partial charge in [-0.05, 0) is 24.4 Å². The normalized spacial score (nSPS) is 10.5. The monoisotopic (exact) mass is 221 g/mol. The van der Waals surface area contributed by atoms with Crippen molar-refractivity contribution >= 4 is 17.2 Å². The zero-order chi connectivity index (χ0) is 10.8. The first-order valence-electron chi connectivity index (χ1n) is 4.63. The molecule has 78 valence electrons. The van der Waals surface area contributed by atoms with Crippen LogP contribution in [0.25, 0.3) is 11.3 Å². The zero-order valence-electron chi connectivity index (χ0n) is 8.30. The van der Waals surface area contributed by atoms with E-state index >= 15 is 0 Å². The number of hydrogen-bond acceptors (Lipinski definition) is 3. The molecule has 0 bridgehead atoms. The fraction of sp³-hybridized carbons (Fsp3) is 0.200. The van der Waals surface area contributed by atoms with Gasteiger partial charge in [-0.15, -0.1) is 11.3 Å². The molecule has 0 atom stereocenters. The first kappa shape index (κ1) is 9.92. The van der Waals surface area contributed by atoms with Crippen LogP contribution in [0.2, 0.25) is 0 Å². The van der Waals surface area contributed by atoms with Gasteiger partial charge in [-0.2, -0.15) is 5.10 Å². The van der Waals surface area contributed by atoms with Gasteiger partial charge in [-0.1, -0.05) is 0 Å². The molecule has 4 nitrogen and oxygen atoms in total. The lowest BCUT2D eigenvalue weighted by Crippen LogP contribution is -2.10. The average molecular weight is 221 g/mol. The minimum atomic E-state index is -0.385. The number of carbonyl (C=O) groups excluding carboxylic acids is 1. The topological polar surface area (TPSA) is 60.9 Å². The van der Waals surface area contributed by atoms with Gasteiger partial charge >= 0.3 is 0 Å². The number of rotatable bonds is 3. The molecule has 0 unspecified atom stereocenters. The Bertz CT molecular complexity index is 486. The summed E-state index contributed by atoms with van der Waals surface area (Å²) in [4.78, 5) is 11.8. The molecule has 0 fully saturated rings. The SMILES string of the molecule is CCn1nccc1-c1ccsc1C(N)=O. The maximum absolute atomic E-state index is 11.2. The standard InChI is InChI=1S/C10H11N3OS/c1-2-13-8(3-5-12-13)7-4-6-15-9(7)10(11)14/h3-6H,2H2,1H3,(H2,11,14). The van der Waals surface area contributed by atoms with Crippen LogP contribution in [0.4, 0.5) is 0 Å². The maximum Gasteiger partial charge on any atom is 0.259 e. The van der Waals surface area contributed by atoms with Gasteiger partial charge in [0.2, 0.25) is 0 Å². The van der Waals surface area contributed by atoms with E-state index in [-0.39, 0.29) is 5.91 Å². The summed E-state index contributed by atoms with van der Waals surface area (Å²) < 4.78 is 1.84. The summed E-state index contributed by atoms with van der Waals surface area (Å²) in [5.74, 6) is -0.385. The number of primary amides is 1. The van der Waals surface area contributed by atoms with Crippen molar-refractivity contribution in [2.75, 3.05) is 0 Å². The van der Waals surface area contributed by atoms with Gasteiger partial charge in [0.1, 0.15) is 4.88 Å². The average Bonchev–Trinajstić information content (AvgIpc) is 2.85. The molecule has 0 aliphatic carbocycles. The largest absolute Gasteiger partial charge is 0.365 e. The van der Waals surface area contributed by atoms with E-state index in [4.69, 9.17) is 5.73 Å². The quantitative estimate of drug-likeness (QED) is 0.858. The number of carbonyl (C=O) groups is 1. The van der Waals surface area contributed by atoms with Crippen molar-refractivity contribution in [3.8, 4) is 11.3 Å². The maximum atomic E-state index is 11.2. The van der Waals surface area contributed by atoms with Crippen molar-refractivity contribution in [2.24, 2.45) is 5.73 Å². The van der Waals surface area contributed by atoms with Crippen molar-refractivity contribution in [1.29, 1.82) is 0 Å². The molecule has 0 saturated carbocycles. The summed E-state index contributed by atoms with van der Waals surface area (Å²) >= 11 is 1.36. The Kier molecular flexibility index (Phi) is 2.55.